The highest BCUT2D eigenvalue weighted by molar-refractivity contribution is 5.69. The number of halogens is 3. The van der Waals surface area contributed by atoms with E-state index in [1.807, 2.05) is 0 Å². The van der Waals surface area contributed by atoms with Crippen LogP contribution in [-0.4, -0.2) is 24.1 Å². The van der Waals surface area contributed by atoms with Crippen LogP contribution in [0.3, 0.4) is 0 Å². The average Bonchev–Trinajstić information content (AvgIpc) is 2.48. The van der Waals surface area contributed by atoms with Gasteiger partial charge in [-0.15, -0.1) is 0 Å². The molecule has 22 heavy (non-hydrogen) atoms. The first-order valence-electron chi connectivity index (χ1n) is 7.16. The minimum atomic E-state index is -4.44. The average molecular weight is 316 g/mol. The molecule has 1 aliphatic rings. The number of hydrogen-bond donors (Lipinski definition) is 1. The summed E-state index contributed by atoms with van der Waals surface area (Å²) in [6.07, 6.45) is -0.681. The molecule has 2 N–H and O–H groups in total. The number of alkyl halides is 3. The van der Waals surface area contributed by atoms with Crippen molar-refractivity contribution in [3.63, 3.8) is 0 Å². The van der Waals surface area contributed by atoms with E-state index in [1.54, 1.807) is 0 Å². The van der Waals surface area contributed by atoms with E-state index < -0.39 is 11.9 Å². The number of pyridine rings is 1. The number of carbonyl (C=O) groups is 1. The van der Waals surface area contributed by atoms with E-state index in [1.165, 1.54) is 19.4 Å². The lowest BCUT2D eigenvalue weighted by Gasteiger charge is -2.34. The maximum absolute atomic E-state index is 12.5. The Morgan fingerprint density at radius 2 is 2.14 bits per heavy atom. The first-order chi connectivity index (χ1) is 10.3. The van der Waals surface area contributed by atoms with Gasteiger partial charge < -0.3 is 10.5 Å². The molecule has 1 heterocycles. The zero-order valence-electron chi connectivity index (χ0n) is 12.3. The number of carbonyl (C=O) groups excluding carboxylic acids is 1. The normalized spacial score (nSPS) is 25.8. The summed E-state index contributed by atoms with van der Waals surface area (Å²) in [6.45, 7) is 0. The van der Waals surface area contributed by atoms with Gasteiger partial charge in [0.1, 0.15) is 5.69 Å². The van der Waals surface area contributed by atoms with E-state index in [0.717, 1.165) is 18.9 Å². The van der Waals surface area contributed by atoms with E-state index in [2.05, 4.69) is 9.72 Å². The number of ether oxygens (including phenoxy) is 1. The van der Waals surface area contributed by atoms with Crippen LogP contribution in [-0.2, 0) is 15.7 Å². The van der Waals surface area contributed by atoms with Gasteiger partial charge in [0.2, 0.25) is 0 Å². The van der Waals surface area contributed by atoms with Crippen LogP contribution in [0, 0.1) is 5.92 Å². The van der Waals surface area contributed by atoms with Gasteiger partial charge in [-0.2, -0.15) is 13.2 Å². The number of aromatic nitrogens is 1. The molecule has 0 aromatic carbocycles. The van der Waals surface area contributed by atoms with E-state index in [0.29, 0.717) is 18.4 Å². The van der Waals surface area contributed by atoms with Crippen molar-refractivity contribution in [1.82, 2.24) is 4.98 Å². The first kappa shape index (κ1) is 16.7. The molecule has 3 unspecified atom stereocenters. The molecule has 122 valence electrons. The van der Waals surface area contributed by atoms with Gasteiger partial charge in [-0.3, -0.25) is 9.78 Å². The number of esters is 1. The Bertz CT molecular complexity index is 517. The summed E-state index contributed by atoms with van der Waals surface area (Å²) in [7, 11) is 1.34. The van der Waals surface area contributed by atoms with Gasteiger partial charge in [-0.25, -0.2) is 0 Å². The lowest BCUT2D eigenvalue weighted by molar-refractivity contribution is -0.142. The Balaban J connectivity index is 2.10. The van der Waals surface area contributed by atoms with E-state index in [9.17, 15) is 18.0 Å². The fourth-order valence-electron chi connectivity index (χ4n) is 2.96. The molecule has 4 nitrogen and oxygen atoms in total. The van der Waals surface area contributed by atoms with Gasteiger partial charge >= 0.3 is 12.1 Å². The van der Waals surface area contributed by atoms with Crippen LogP contribution in [0.1, 0.15) is 42.9 Å². The standard InChI is InChI=1S/C15H19F3N2O2/c1-22-14(21)7-9-2-4-12(19)11(6-9)10-3-5-13(20-8-10)15(16,17)18/h3,5,8-9,11-12H,2,4,6-7,19H2,1H3. The SMILES string of the molecule is COC(=O)CC1CCC(N)C(c2ccc(C(F)(F)F)nc2)C1. The molecule has 1 saturated carbocycles. The number of nitrogens with two attached hydrogens (primary N) is 1. The van der Waals surface area contributed by atoms with Gasteiger partial charge in [0, 0.05) is 24.6 Å². The predicted molar refractivity (Wildman–Crippen MR) is 73.9 cm³/mol. The maximum atomic E-state index is 12.5. The van der Waals surface area contributed by atoms with Crippen molar-refractivity contribution >= 4 is 5.97 Å². The zero-order chi connectivity index (χ0) is 16.3. The van der Waals surface area contributed by atoms with Crippen molar-refractivity contribution in [3.8, 4) is 0 Å². The van der Waals surface area contributed by atoms with Crippen LogP contribution in [0.2, 0.25) is 0 Å². The summed E-state index contributed by atoms with van der Waals surface area (Å²) in [5.41, 5.74) is 5.87. The minimum Gasteiger partial charge on any atom is -0.469 e. The molecule has 1 fully saturated rings. The molecule has 0 saturated heterocycles. The zero-order valence-corrected chi connectivity index (χ0v) is 12.3. The van der Waals surface area contributed by atoms with Gasteiger partial charge in [0.15, 0.2) is 0 Å². The second-order valence-electron chi connectivity index (χ2n) is 5.70. The molecule has 1 aliphatic carbocycles. The molecule has 3 atom stereocenters. The molecule has 2 rings (SSSR count). The third-order valence-corrected chi connectivity index (χ3v) is 4.20. The van der Waals surface area contributed by atoms with Gasteiger partial charge in [0.25, 0.3) is 0 Å². The number of nitrogens with zero attached hydrogens (tertiary/aromatic N) is 1. The number of rotatable bonds is 3. The summed E-state index contributed by atoms with van der Waals surface area (Å²) in [5.74, 6) is -0.220. The van der Waals surface area contributed by atoms with Crippen LogP contribution in [0.25, 0.3) is 0 Å². The lowest BCUT2D eigenvalue weighted by atomic mass is 9.74. The molecule has 0 aliphatic heterocycles. The minimum absolute atomic E-state index is 0.0850. The van der Waals surface area contributed by atoms with E-state index >= 15 is 0 Å². The van der Waals surface area contributed by atoms with Crippen molar-refractivity contribution in [2.24, 2.45) is 11.7 Å². The molecule has 0 radical (unpaired) electrons. The van der Waals surface area contributed by atoms with Gasteiger partial charge in [0.05, 0.1) is 7.11 Å². The smallest absolute Gasteiger partial charge is 0.433 e. The quantitative estimate of drug-likeness (QED) is 0.871. The molecule has 0 spiro atoms. The monoisotopic (exact) mass is 316 g/mol. The first-order valence-corrected chi connectivity index (χ1v) is 7.16. The van der Waals surface area contributed by atoms with Crippen LogP contribution in [0.4, 0.5) is 13.2 Å². The summed E-state index contributed by atoms with van der Waals surface area (Å²) >= 11 is 0. The van der Waals surface area contributed by atoms with Crippen molar-refractivity contribution in [2.75, 3.05) is 7.11 Å². The van der Waals surface area contributed by atoms with Crippen LogP contribution >= 0.6 is 0 Å². The largest absolute Gasteiger partial charge is 0.469 e. The van der Waals surface area contributed by atoms with Crippen molar-refractivity contribution < 1.29 is 22.7 Å². The summed E-state index contributed by atoms with van der Waals surface area (Å²) in [6, 6.07) is 2.28. The summed E-state index contributed by atoms with van der Waals surface area (Å²) < 4.78 is 42.3. The Kier molecular flexibility index (Phi) is 5.05. The van der Waals surface area contributed by atoms with E-state index in [4.69, 9.17) is 5.73 Å². The Morgan fingerprint density at radius 3 is 2.68 bits per heavy atom. The van der Waals surface area contributed by atoms with Gasteiger partial charge in [-0.1, -0.05) is 6.07 Å². The fourth-order valence-corrected chi connectivity index (χ4v) is 2.96. The molecule has 1 aromatic heterocycles. The van der Waals surface area contributed by atoms with E-state index in [-0.39, 0.29) is 23.8 Å². The van der Waals surface area contributed by atoms with Crippen molar-refractivity contribution in [3.05, 3.63) is 29.6 Å². The highest BCUT2D eigenvalue weighted by atomic mass is 19.4. The second-order valence-corrected chi connectivity index (χ2v) is 5.70. The topological polar surface area (TPSA) is 65.2 Å². The van der Waals surface area contributed by atoms with Crippen molar-refractivity contribution in [1.29, 1.82) is 0 Å². The number of hydrogen-bond acceptors (Lipinski definition) is 4. The van der Waals surface area contributed by atoms with Gasteiger partial charge in [-0.05, 0) is 36.8 Å². The molecule has 7 heteroatoms. The molecule has 1 aromatic rings. The molecular weight excluding hydrogens is 297 g/mol. The Labute approximate surface area is 126 Å². The van der Waals surface area contributed by atoms with Crippen LogP contribution in [0.15, 0.2) is 18.3 Å². The third-order valence-electron chi connectivity index (χ3n) is 4.20. The third kappa shape index (κ3) is 3.97. The van der Waals surface area contributed by atoms with Crippen LogP contribution in [0.5, 0.6) is 0 Å². The fraction of sp³-hybridized carbons (Fsp3) is 0.600. The molecular formula is C15H19F3N2O2. The summed E-state index contributed by atoms with van der Waals surface area (Å²) in [5, 5.41) is 0. The highest BCUT2D eigenvalue weighted by Gasteiger charge is 2.34. The van der Waals surface area contributed by atoms with Crippen LogP contribution < -0.4 is 5.73 Å². The highest BCUT2D eigenvalue weighted by Crippen LogP contribution is 2.37. The molecule has 0 amide bonds. The lowest BCUT2D eigenvalue weighted by Crippen LogP contribution is -2.35. The summed E-state index contributed by atoms with van der Waals surface area (Å²) in [4.78, 5) is 14.9. The Hall–Kier alpha value is -1.63. The number of methoxy groups -OCH3 is 1. The second kappa shape index (κ2) is 6.64. The predicted octanol–water partition coefficient (Wildman–Crippen LogP) is 2.87. The van der Waals surface area contributed by atoms with Crippen molar-refractivity contribution in [2.45, 2.75) is 43.8 Å². The Morgan fingerprint density at radius 1 is 1.41 bits per heavy atom. The molecule has 0 bridgehead atoms. The maximum Gasteiger partial charge on any atom is 0.433 e.